The Morgan fingerprint density at radius 3 is 2.67 bits per heavy atom. The summed E-state index contributed by atoms with van der Waals surface area (Å²) in [7, 11) is 1.54. The van der Waals surface area contributed by atoms with Crippen LogP contribution in [0.5, 0.6) is 5.75 Å². The Labute approximate surface area is 154 Å². The van der Waals surface area contributed by atoms with Crippen LogP contribution in [0.2, 0.25) is 10.0 Å². The monoisotopic (exact) mass is 378 g/mol. The first-order valence-corrected chi connectivity index (χ1v) is 8.13. The van der Waals surface area contributed by atoms with Crippen molar-refractivity contribution in [3.05, 3.63) is 63.8 Å². The predicted molar refractivity (Wildman–Crippen MR) is 101 cm³/mol. The van der Waals surface area contributed by atoms with Gasteiger partial charge < -0.3 is 10.1 Å². The lowest BCUT2D eigenvalue weighted by Crippen LogP contribution is -2.30. The molecule has 2 aromatic carbocycles. The molecule has 1 heterocycles. The van der Waals surface area contributed by atoms with Crippen LogP contribution in [-0.2, 0) is 4.79 Å². The van der Waals surface area contributed by atoms with E-state index in [1.165, 1.54) is 4.90 Å². The van der Waals surface area contributed by atoms with Gasteiger partial charge in [-0.15, -0.1) is 0 Å². The number of ether oxygens (including phenoxy) is 1. The second kappa shape index (κ2) is 6.81. The average molecular weight is 379 g/mol. The van der Waals surface area contributed by atoms with E-state index in [0.717, 1.165) is 0 Å². The topological polar surface area (TPSA) is 41.6 Å². The van der Waals surface area contributed by atoms with Crippen LogP contribution in [0.3, 0.4) is 0 Å². The normalized spacial score (nSPS) is 15.8. The van der Waals surface area contributed by atoms with E-state index in [2.05, 4.69) is 5.32 Å². The predicted octanol–water partition coefficient (Wildman–Crippen LogP) is 4.26. The first-order valence-electron chi connectivity index (χ1n) is 6.96. The minimum absolute atomic E-state index is 0.279. The third-order valence-electron chi connectivity index (χ3n) is 3.47. The van der Waals surface area contributed by atoms with Gasteiger partial charge in [0.05, 0.1) is 12.8 Å². The molecule has 4 nitrogen and oxygen atoms in total. The smallest absolute Gasteiger partial charge is 0.281 e. The molecule has 1 fully saturated rings. The maximum atomic E-state index is 12.8. The molecule has 1 aliphatic rings. The number of methoxy groups -OCH3 is 1. The van der Waals surface area contributed by atoms with Crippen molar-refractivity contribution in [2.24, 2.45) is 0 Å². The molecule has 3 rings (SSSR count). The minimum Gasteiger partial charge on any atom is -0.495 e. The fourth-order valence-electron chi connectivity index (χ4n) is 2.34. The van der Waals surface area contributed by atoms with Crippen LogP contribution in [0.4, 0.5) is 5.69 Å². The van der Waals surface area contributed by atoms with Gasteiger partial charge in [0, 0.05) is 10.0 Å². The highest BCUT2D eigenvalue weighted by Crippen LogP contribution is 2.32. The van der Waals surface area contributed by atoms with Gasteiger partial charge in [0.2, 0.25) is 0 Å². The molecule has 0 bridgehead atoms. The summed E-state index contributed by atoms with van der Waals surface area (Å²) in [6.45, 7) is 0. The summed E-state index contributed by atoms with van der Waals surface area (Å²) < 4.78 is 5.30. The Hall–Kier alpha value is -2.08. The van der Waals surface area contributed by atoms with Crippen molar-refractivity contribution in [1.29, 1.82) is 0 Å². The van der Waals surface area contributed by atoms with Gasteiger partial charge in [0.1, 0.15) is 11.4 Å². The van der Waals surface area contributed by atoms with E-state index in [0.29, 0.717) is 32.7 Å². The number of nitrogens with zero attached hydrogens (tertiary/aromatic N) is 1. The van der Waals surface area contributed by atoms with Gasteiger partial charge in [-0.2, -0.15) is 0 Å². The summed E-state index contributed by atoms with van der Waals surface area (Å²) in [6, 6.07) is 12.2. The number of anilines is 1. The second-order valence-corrected chi connectivity index (χ2v) is 6.20. The molecule has 0 saturated carbocycles. The van der Waals surface area contributed by atoms with E-state index in [1.54, 1.807) is 43.5 Å². The molecule has 0 aliphatic carbocycles. The van der Waals surface area contributed by atoms with Gasteiger partial charge in [-0.1, -0.05) is 41.4 Å². The van der Waals surface area contributed by atoms with Gasteiger partial charge in [-0.05, 0) is 48.1 Å². The maximum Gasteiger partial charge on any atom is 0.281 e. The molecule has 0 spiro atoms. The molecule has 1 N–H and O–H groups in total. The van der Waals surface area contributed by atoms with Gasteiger partial charge in [0.15, 0.2) is 5.11 Å². The SMILES string of the molecule is COc1ccccc1N1C(=O)/C(=C\c2ccc(Cl)cc2Cl)NC1=S. The van der Waals surface area contributed by atoms with Gasteiger partial charge in [-0.3, -0.25) is 4.79 Å². The standard InChI is InChI=1S/C17H12Cl2N2O2S/c1-23-15-5-3-2-4-14(15)21-16(22)13(20-17(21)24)8-10-6-7-11(18)9-12(10)19/h2-9H,1H3,(H,20,24)/b13-8+. The Bertz CT molecular complexity index is 867. The Balaban J connectivity index is 1.99. The van der Waals surface area contributed by atoms with Crippen molar-refractivity contribution >= 4 is 58.2 Å². The van der Waals surface area contributed by atoms with E-state index in [-0.39, 0.29) is 11.0 Å². The van der Waals surface area contributed by atoms with Crippen molar-refractivity contribution < 1.29 is 9.53 Å². The lowest BCUT2D eigenvalue weighted by atomic mass is 10.2. The van der Waals surface area contributed by atoms with E-state index in [9.17, 15) is 4.79 Å². The Kier molecular flexibility index (Phi) is 4.76. The number of benzene rings is 2. The molecule has 24 heavy (non-hydrogen) atoms. The molecule has 1 aliphatic heterocycles. The zero-order chi connectivity index (χ0) is 17.3. The highest BCUT2D eigenvalue weighted by molar-refractivity contribution is 7.80. The van der Waals surface area contributed by atoms with Crippen LogP contribution < -0.4 is 15.0 Å². The number of nitrogens with one attached hydrogen (secondary N) is 1. The number of hydrogen-bond acceptors (Lipinski definition) is 3. The number of rotatable bonds is 3. The number of para-hydroxylation sites is 2. The quantitative estimate of drug-likeness (QED) is 0.639. The summed E-state index contributed by atoms with van der Waals surface area (Å²) in [6.07, 6.45) is 1.64. The van der Waals surface area contributed by atoms with Gasteiger partial charge in [0.25, 0.3) is 5.91 Å². The highest BCUT2D eigenvalue weighted by Gasteiger charge is 2.33. The maximum absolute atomic E-state index is 12.8. The molecule has 122 valence electrons. The van der Waals surface area contributed by atoms with Crippen LogP contribution >= 0.6 is 35.4 Å². The van der Waals surface area contributed by atoms with Crippen molar-refractivity contribution in [2.75, 3.05) is 12.0 Å². The van der Waals surface area contributed by atoms with Crippen LogP contribution in [0, 0.1) is 0 Å². The van der Waals surface area contributed by atoms with Gasteiger partial charge in [-0.25, -0.2) is 4.90 Å². The first kappa shape index (κ1) is 16.8. The summed E-state index contributed by atoms with van der Waals surface area (Å²) in [4.78, 5) is 14.1. The van der Waals surface area contributed by atoms with E-state index in [4.69, 9.17) is 40.2 Å². The molecule has 0 atom stereocenters. The van der Waals surface area contributed by atoms with Crippen molar-refractivity contribution in [2.45, 2.75) is 0 Å². The third kappa shape index (κ3) is 3.11. The van der Waals surface area contributed by atoms with Gasteiger partial charge >= 0.3 is 0 Å². The summed E-state index contributed by atoms with van der Waals surface area (Å²) in [5.74, 6) is 0.274. The Morgan fingerprint density at radius 1 is 1.21 bits per heavy atom. The fourth-order valence-corrected chi connectivity index (χ4v) is 3.10. The molecule has 2 aromatic rings. The molecule has 0 radical (unpaired) electrons. The molecule has 0 aromatic heterocycles. The van der Waals surface area contributed by atoms with Crippen LogP contribution in [0.25, 0.3) is 6.08 Å². The number of amides is 1. The average Bonchev–Trinajstić information content (AvgIpc) is 2.84. The second-order valence-electron chi connectivity index (χ2n) is 4.97. The largest absolute Gasteiger partial charge is 0.495 e. The highest BCUT2D eigenvalue weighted by atomic mass is 35.5. The summed E-state index contributed by atoms with van der Waals surface area (Å²) in [5, 5.41) is 4.17. The molecule has 1 amide bonds. The van der Waals surface area contributed by atoms with Crippen molar-refractivity contribution in [3.8, 4) is 5.75 Å². The van der Waals surface area contributed by atoms with E-state index in [1.807, 2.05) is 12.1 Å². The lowest BCUT2D eigenvalue weighted by molar-refractivity contribution is -0.113. The number of carbonyl (C=O) groups excluding carboxylic acids is 1. The lowest BCUT2D eigenvalue weighted by Gasteiger charge is -2.17. The fraction of sp³-hybridized carbons (Fsp3) is 0.0588. The van der Waals surface area contributed by atoms with Crippen molar-refractivity contribution in [3.63, 3.8) is 0 Å². The van der Waals surface area contributed by atoms with E-state index < -0.39 is 0 Å². The zero-order valence-electron chi connectivity index (χ0n) is 12.5. The molecule has 1 saturated heterocycles. The molecule has 0 unspecified atom stereocenters. The number of thiocarbonyl (C=S) groups is 1. The Morgan fingerprint density at radius 2 is 1.96 bits per heavy atom. The third-order valence-corrected chi connectivity index (χ3v) is 4.31. The van der Waals surface area contributed by atoms with Crippen molar-refractivity contribution in [1.82, 2.24) is 5.32 Å². The molecular weight excluding hydrogens is 367 g/mol. The summed E-state index contributed by atoms with van der Waals surface area (Å²) >= 11 is 17.3. The number of halogens is 2. The number of hydrogen-bond donors (Lipinski definition) is 1. The minimum atomic E-state index is -0.282. The van der Waals surface area contributed by atoms with Crippen LogP contribution in [0.1, 0.15) is 5.56 Å². The zero-order valence-corrected chi connectivity index (χ0v) is 14.9. The summed E-state index contributed by atoms with van der Waals surface area (Å²) in [5.41, 5.74) is 1.57. The molecular formula is C17H12Cl2N2O2S. The van der Waals surface area contributed by atoms with Crippen LogP contribution in [-0.4, -0.2) is 18.1 Å². The number of carbonyl (C=O) groups is 1. The van der Waals surface area contributed by atoms with Crippen LogP contribution in [0.15, 0.2) is 48.2 Å². The first-order chi connectivity index (χ1) is 11.5. The molecule has 7 heteroatoms. The van der Waals surface area contributed by atoms with E-state index >= 15 is 0 Å².